The van der Waals surface area contributed by atoms with Crippen LogP contribution in [0.2, 0.25) is 0 Å². The molecule has 2 N–H and O–H groups in total. The second-order valence-electron chi connectivity index (χ2n) is 7.38. The van der Waals surface area contributed by atoms with Gasteiger partial charge in [-0.15, -0.1) is 11.3 Å². The first-order valence-electron chi connectivity index (χ1n) is 9.82. The summed E-state index contributed by atoms with van der Waals surface area (Å²) in [7, 11) is 0. The molecule has 4 rings (SSSR count). The van der Waals surface area contributed by atoms with Crippen molar-refractivity contribution in [2.24, 2.45) is 0 Å². The molecule has 0 spiro atoms. The van der Waals surface area contributed by atoms with Crippen LogP contribution in [-0.2, 0) is 4.79 Å². The van der Waals surface area contributed by atoms with Crippen molar-refractivity contribution >= 4 is 33.5 Å². The molecule has 6 heteroatoms. The lowest BCUT2D eigenvalue weighted by Gasteiger charge is -2.13. The Hall–Kier alpha value is -3.64. The van der Waals surface area contributed by atoms with Gasteiger partial charge in [0.25, 0.3) is 0 Å². The number of aromatic hydroxyl groups is 1. The number of benzene rings is 2. The van der Waals surface area contributed by atoms with Gasteiger partial charge in [-0.3, -0.25) is 4.98 Å². The number of carboxylic acids is 1. The van der Waals surface area contributed by atoms with Gasteiger partial charge in [0.05, 0.1) is 16.8 Å². The van der Waals surface area contributed by atoms with E-state index in [2.05, 4.69) is 31.0 Å². The third kappa shape index (κ3) is 4.44. The molecule has 0 unspecified atom stereocenters. The quantitative estimate of drug-likeness (QED) is 0.333. The molecule has 0 bridgehead atoms. The highest BCUT2D eigenvalue weighted by atomic mass is 32.1. The molecule has 5 nitrogen and oxygen atoms in total. The van der Waals surface area contributed by atoms with Gasteiger partial charge in [0.15, 0.2) is 5.75 Å². The molecule has 156 valence electrons. The van der Waals surface area contributed by atoms with Crippen LogP contribution >= 0.6 is 11.3 Å². The molecule has 0 aliphatic carbocycles. The minimum absolute atomic E-state index is 0.209. The van der Waals surface area contributed by atoms with Crippen molar-refractivity contribution in [3.63, 3.8) is 0 Å². The first-order valence-corrected chi connectivity index (χ1v) is 10.6. The van der Waals surface area contributed by atoms with Crippen molar-refractivity contribution in [3.8, 4) is 27.7 Å². The van der Waals surface area contributed by atoms with Crippen molar-refractivity contribution < 1.29 is 19.7 Å². The molecule has 2 aromatic carbocycles. The van der Waals surface area contributed by atoms with Gasteiger partial charge in [-0.25, -0.2) is 4.79 Å². The van der Waals surface area contributed by atoms with Crippen molar-refractivity contribution in [1.29, 1.82) is 0 Å². The Morgan fingerprint density at radius 1 is 1.13 bits per heavy atom. The largest absolute Gasteiger partial charge is 0.508 e. The van der Waals surface area contributed by atoms with E-state index in [1.54, 1.807) is 41.8 Å². The van der Waals surface area contributed by atoms with Crippen LogP contribution in [0, 0.1) is 0 Å². The smallest absolute Gasteiger partial charge is 0.328 e. The summed E-state index contributed by atoms with van der Waals surface area (Å²) in [6, 6.07) is 17.0. The van der Waals surface area contributed by atoms with E-state index in [0.29, 0.717) is 23.1 Å². The third-order valence-electron chi connectivity index (χ3n) is 4.83. The van der Waals surface area contributed by atoms with Crippen LogP contribution in [0.15, 0.2) is 66.9 Å². The van der Waals surface area contributed by atoms with E-state index < -0.39 is 5.97 Å². The first kappa shape index (κ1) is 20.6. The van der Waals surface area contributed by atoms with Crippen LogP contribution < -0.4 is 4.74 Å². The maximum atomic E-state index is 10.7. The number of thiophene rings is 1. The number of phenols is 1. The number of phenolic OH excluding ortho intramolecular Hbond substituents is 1. The number of hydrogen-bond acceptors (Lipinski definition) is 5. The number of aliphatic carboxylic acids is 1. The van der Waals surface area contributed by atoms with Gasteiger partial charge in [0, 0.05) is 16.2 Å². The zero-order valence-electron chi connectivity index (χ0n) is 17.1. The molecular formula is C25H21NO4S. The lowest BCUT2D eigenvalue weighted by atomic mass is 9.96. The van der Waals surface area contributed by atoms with E-state index in [4.69, 9.17) is 9.84 Å². The van der Waals surface area contributed by atoms with Gasteiger partial charge in [-0.2, -0.15) is 0 Å². The van der Waals surface area contributed by atoms with Gasteiger partial charge >= 0.3 is 5.97 Å². The van der Waals surface area contributed by atoms with E-state index in [9.17, 15) is 9.90 Å². The van der Waals surface area contributed by atoms with Crippen molar-refractivity contribution in [2.45, 2.75) is 19.8 Å². The third-order valence-corrected chi connectivity index (χ3v) is 6.00. The van der Waals surface area contributed by atoms with E-state index in [-0.39, 0.29) is 5.75 Å². The van der Waals surface area contributed by atoms with E-state index in [0.717, 1.165) is 26.6 Å². The molecule has 0 aliphatic heterocycles. The minimum Gasteiger partial charge on any atom is -0.508 e. The molecule has 0 saturated heterocycles. The average molecular weight is 432 g/mol. The summed E-state index contributed by atoms with van der Waals surface area (Å²) in [5, 5.41) is 19.6. The van der Waals surface area contributed by atoms with Crippen LogP contribution in [0.4, 0.5) is 0 Å². The van der Waals surface area contributed by atoms with E-state index in [1.807, 2.05) is 18.2 Å². The van der Waals surface area contributed by atoms with Crippen LogP contribution in [0.25, 0.3) is 26.6 Å². The average Bonchev–Trinajstić information content (AvgIpc) is 3.10. The van der Waals surface area contributed by atoms with Gasteiger partial charge in [-0.1, -0.05) is 38.1 Å². The summed E-state index contributed by atoms with van der Waals surface area (Å²) in [4.78, 5) is 15.9. The molecule has 2 heterocycles. The summed E-state index contributed by atoms with van der Waals surface area (Å²) >= 11 is 1.57. The minimum atomic E-state index is -1.02. The number of hydrogen-bond donors (Lipinski definition) is 2. The molecule has 0 amide bonds. The van der Waals surface area contributed by atoms with Gasteiger partial charge in [0.2, 0.25) is 0 Å². The van der Waals surface area contributed by atoms with Crippen molar-refractivity contribution in [1.82, 2.24) is 4.98 Å². The number of nitrogens with zero attached hydrogens (tertiary/aromatic N) is 1. The fourth-order valence-electron chi connectivity index (χ4n) is 3.37. The number of carbonyl (C=O) groups is 1. The van der Waals surface area contributed by atoms with Gasteiger partial charge in [0.1, 0.15) is 11.5 Å². The zero-order chi connectivity index (χ0) is 22.0. The molecule has 0 atom stereocenters. The molecule has 0 radical (unpaired) electrons. The molecule has 0 fully saturated rings. The number of rotatable bonds is 6. The summed E-state index contributed by atoms with van der Waals surface area (Å²) in [5.74, 6) is 0.778. The molecular weight excluding hydrogens is 410 g/mol. The summed E-state index contributed by atoms with van der Waals surface area (Å²) < 4.78 is 7.23. The SMILES string of the molecule is CC(C)c1ccccc1-c1sc2cc(O)ccc2c1Oc1ccc(C=CC(=O)O)nc1. The zero-order valence-corrected chi connectivity index (χ0v) is 17.9. The summed E-state index contributed by atoms with van der Waals surface area (Å²) in [6.07, 6.45) is 4.05. The summed E-state index contributed by atoms with van der Waals surface area (Å²) in [6.45, 7) is 4.32. The van der Waals surface area contributed by atoms with Crippen molar-refractivity contribution in [2.75, 3.05) is 0 Å². The highest BCUT2D eigenvalue weighted by molar-refractivity contribution is 7.22. The Morgan fingerprint density at radius 3 is 2.65 bits per heavy atom. The Kier molecular flexibility index (Phi) is 5.73. The number of fused-ring (bicyclic) bond motifs is 1. The molecule has 4 aromatic rings. The normalized spacial score (nSPS) is 11.5. The van der Waals surface area contributed by atoms with Crippen LogP contribution in [0.5, 0.6) is 17.2 Å². The maximum Gasteiger partial charge on any atom is 0.328 e. The van der Waals surface area contributed by atoms with Crippen molar-refractivity contribution in [3.05, 3.63) is 78.1 Å². The monoisotopic (exact) mass is 431 g/mol. The fraction of sp³-hybridized carbons (Fsp3) is 0.120. The molecule has 0 saturated carbocycles. The predicted molar refractivity (Wildman–Crippen MR) is 124 cm³/mol. The number of carboxylic acid groups (broad SMARTS) is 1. The highest BCUT2D eigenvalue weighted by Crippen LogP contribution is 2.48. The van der Waals surface area contributed by atoms with Crippen LogP contribution in [0.1, 0.15) is 31.0 Å². The Bertz CT molecular complexity index is 1270. The standard InChI is InChI=1S/C25H21NO4S/c1-15(2)19-5-3-4-6-20(19)25-24(21-11-9-17(27)13-22(21)31-25)30-18-10-7-16(26-14-18)8-12-23(28)29/h3-15,27H,1-2H3,(H,28,29). The lowest BCUT2D eigenvalue weighted by molar-refractivity contribution is -0.131. The highest BCUT2D eigenvalue weighted by Gasteiger charge is 2.20. The fourth-order valence-corrected chi connectivity index (χ4v) is 4.58. The second-order valence-corrected chi connectivity index (χ2v) is 8.43. The predicted octanol–water partition coefficient (Wildman–Crippen LogP) is 6.68. The summed E-state index contributed by atoms with van der Waals surface area (Å²) in [5.41, 5.74) is 2.85. The van der Waals surface area contributed by atoms with Crippen LogP contribution in [-0.4, -0.2) is 21.2 Å². The molecule has 31 heavy (non-hydrogen) atoms. The number of ether oxygens (including phenoxy) is 1. The van der Waals surface area contributed by atoms with E-state index >= 15 is 0 Å². The number of aromatic nitrogens is 1. The van der Waals surface area contributed by atoms with Gasteiger partial charge < -0.3 is 14.9 Å². The Morgan fingerprint density at radius 2 is 1.94 bits per heavy atom. The maximum absolute atomic E-state index is 10.7. The molecule has 2 aromatic heterocycles. The molecule has 0 aliphatic rings. The van der Waals surface area contributed by atoms with Crippen LogP contribution in [0.3, 0.4) is 0 Å². The Balaban J connectivity index is 1.80. The van der Waals surface area contributed by atoms with E-state index in [1.165, 1.54) is 11.6 Å². The second kappa shape index (κ2) is 8.62. The Labute approximate surface area is 183 Å². The lowest BCUT2D eigenvalue weighted by Crippen LogP contribution is -1.93. The number of pyridine rings is 1. The topological polar surface area (TPSA) is 79.7 Å². The first-order chi connectivity index (χ1) is 14.9. The van der Waals surface area contributed by atoms with Gasteiger partial charge in [-0.05, 0) is 53.5 Å².